The van der Waals surface area contributed by atoms with Crippen LogP contribution in [0.15, 0.2) is 12.1 Å². The molecule has 2 rings (SSSR count). The number of carbonyl (C=O) groups is 1. The Labute approximate surface area is 131 Å². The Bertz CT molecular complexity index is 504. The second kappa shape index (κ2) is 7.52. The summed E-state index contributed by atoms with van der Waals surface area (Å²) in [5.41, 5.74) is 1.72. The fraction of sp³-hybridized carbons (Fsp3) is 0.533. The Balaban J connectivity index is 0.00000220. The summed E-state index contributed by atoms with van der Waals surface area (Å²) < 4.78 is 10.5. The Morgan fingerprint density at radius 1 is 1.29 bits per heavy atom. The molecule has 0 aromatic heterocycles. The zero-order chi connectivity index (χ0) is 14.7. The Hall–Kier alpha value is -1.46. The lowest BCUT2D eigenvalue weighted by Crippen LogP contribution is -2.48. The van der Waals surface area contributed by atoms with E-state index in [0.717, 1.165) is 24.3 Å². The van der Waals surface area contributed by atoms with Gasteiger partial charge < -0.3 is 20.1 Å². The van der Waals surface area contributed by atoms with Gasteiger partial charge in [0.25, 0.3) is 0 Å². The summed E-state index contributed by atoms with van der Waals surface area (Å²) >= 11 is 0. The van der Waals surface area contributed by atoms with E-state index in [0.29, 0.717) is 17.4 Å². The van der Waals surface area contributed by atoms with Crippen molar-refractivity contribution >= 4 is 24.0 Å². The molecule has 6 heteroatoms. The maximum atomic E-state index is 12.2. The van der Waals surface area contributed by atoms with Crippen molar-refractivity contribution in [1.29, 1.82) is 0 Å². The molecule has 1 atom stereocenters. The van der Waals surface area contributed by atoms with Gasteiger partial charge in [-0.15, -0.1) is 12.4 Å². The van der Waals surface area contributed by atoms with Crippen LogP contribution in [-0.2, 0) is 4.79 Å². The van der Waals surface area contributed by atoms with E-state index >= 15 is 0 Å². The third-order valence-corrected chi connectivity index (χ3v) is 3.92. The molecule has 1 fully saturated rings. The third-order valence-electron chi connectivity index (χ3n) is 3.92. The monoisotopic (exact) mass is 314 g/mol. The summed E-state index contributed by atoms with van der Waals surface area (Å²) in [6.45, 7) is 5.74. The molecule has 1 amide bonds. The summed E-state index contributed by atoms with van der Waals surface area (Å²) in [5, 5.41) is 6.17. The number of hydrogen-bond donors (Lipinski definition) is 2. The molecule has 0 spiro atoms. The number of amides is 1. The molecule has 21 heavy (non-hydrogen) atoms. The molecule has 118 valence electrons. The Kier molecular flexibility index (Phi) is 6.30. The number of methoxy groups -OCH3 is 2. The number of anilines is 1. The fourth-order valence-corrected chi connectivity index (χ4v) is 2.24. The molecule has 0 bridgehead atoms. The average molecular weight is 315 g/mol. The number of hydrogen-bond acceptors (Lipinski definition) is 4. The number of benzene rings is 1. The van der Waals surface area contributed by atoms with Gasteiger partial charge in [-0.2, -0.15) is 0 Å². The SMILES string of the molecule is COc1cc(C)c(NC(=O)C(C)C2CNC2)cc1OC.Cl. The fourth-order valence-electron chi connectivity index (χ4n) is 2.24. The lowest BCUT2D eigenvalue weighted by atomic mass is 9.88. The van der Waals surface area contributed by atoms with Crippen molar-refractivity contribution in [1.82, 2.24) is 5.32 Å². The highest BCUT2D eigenvalue weighted by Crippen LogP contribution is 2.33. The Morgan fingerprint density at radius 2 is 1.86 bits per heavy atom. The molecule has 0 aliphatic carbocycles. The molecule has 1 unspecified atom stereocenters. The lowest BCUT2D eigenvalue weighted by Gasteiger charge is -2.31. The maximum Gasteiger partial charge on any atom is 0.227 e. The van der Waals surface area contributed by atoms with Gasteiger partial charge in [0.2, 0.25) is 5.91 Å². The van der Waals surface area contributed by atoms with E-state index in [1.807, 2.05) is 19.9 Å². The minimum atomic E-state index is 0. The van der Waals surface area contributed by atoms with Crippen molar-refractivity contribution in [3.8, 4) is 11.5 Å². The second-order valence-electron chi connectivity index (χ2n) is 5.22. The normalized spacial score (nSPS) is 15.4. The van der Waals surface area contributed by atoms with Crippen LogP contribution < -0.4 is 20.1 Å². The highest BCUT2D eigenvalue weighted by Gasteiger charge is 2.29. The van der Waals surface area contributed by atoms with Crippen LogP contribution in [0.4, 0.5) is 5.69 Å². The first kappa shape index (κ1) is 17.6. The third kappa shape index (κ3) is 3.80. The molecule has 1 aliphatic heterocycles. The van der Waals surface area contributed by atoms with Gasteiger partial charge in [0, 0.05) is 17.7 Å². The molecule has 1 aliphatic rings. The second-order valence-corrected chi connectivity index (χ2v) is 5.22. The van der Waals surface area contributed by atoms with E-state index in [2.05, 4.69) is 10.6 Å². The molecule has 1 heterocycles. The topological polar surface area (TPSA) is 59.6 Å². The van der Waals surface area contributed by atoms with Crippen molar-refractivity contribution in [2.75, 3.05) is 32.6 Å². The number of aryl methyl sites for hydroxylation is 1. The molecule has 0 radical (unpaired) electrons. The van der Waals surface area contributed by atoms with E-state index < -0.39 is 0 Å². The standard InChI is InChI=1S/C15H22N2O3.ClH/c1-9-5-13(19-3)14(20-4)6-12(9)17-15(18)10(2)11-7-16-8-11;/h5-6,10-11,16H,7-8H2,1-4H3,(H,17,18);1H. The van der Waals surface area contributed by atoms with Crippen LogP contribution in [0.2, 0.25) is 0 Å². The highest BCUT2D eigenvalue weighted by atomic mass is 35.5. The van der Waals surface area contributed by atoms with Crippen molar-refractivity contribution in [2.45, 2.75) is 13.8 Å². The summed E-state index contributed by atoms with van der Waals surface area (Å²) in [5.74, 6) is 1.76. The number of halogens is 1. The summed E-state index contributed by atoms with van der Waals surface area (Å²) in [6.07, 6.45) is 0. The van der Waals surface area contributed by atoms with Crippen molar-refractivity contribution in [2.24, 2.45) is 11.8 Å². The van der Waals surface area contributed by atoms with Gasteiger partial charge in [-0.1, -0.05) is 6.92 Å². The van der Waals surface area contributed by atoms with Gasteiger partial charge in [-0.05, 0) is 37.6 Å². The van der Waals surface area contributed by atoms with Gasteiger partial charge in [0.15, 0.2) is 11.5 Å². The molecular formula is C15H23ClN2O3. The lowest BCUT2D eigenvalue weighted by molar-refractivity contribution is -0.121. The number of nitrogens with one attached hydrogen (secondary N) is 2. The summed E-state index contributed by atoms with van der Waals surface area (Å²) in [4.78, 5) is 12.2. The zero-order valence-electron chi connectivity index (χ0n) is 12.9. The zero-order valence-corrected chi connectivity index (χ0v) is 13.7. The van der Waals surface area contributed by atoms with Crippen LogP contribution >= 0.6 is 12.4 Å². The first-order chi connectivity index (χ1) is 9.56. The van der Waals surface area contributed by atoms with E-state index in [4.69, 9.17) is 9.47 Å². The van der Waals surface area contributed by atoms with Crippen LogP contribution in [-0.4, -0.2) is 33.2 Å². The minimum absolute atomic E-state index is 0. The highest BCUT2D eigenvalue weighted by molar-refractivity contribution is 5.93. The Morgan fingerprint density at radius 3 is 2.33 bits per heavy atom. The van der Waals surface area contributed by atoms with Crippen LogP contribution in [0.1, 0.15) is 12.5 Å². The average Bonchev–Trinajstić information content (AvgIpc) is 2.38. The van der Waals surface area contributed by atoms with Crippen molar-refractivity contribution < 1.29 is 14.3 Å². The van der Waals surface area contributed by atoms with Gasteiger partial charge >= 0.3 is 0 Å². The molecular weight excluding hydrogens is 292 g/mol. The van der Waals surface area contributed by atoms with E-state index in [-0.39, 0.29) is 24.2 Å². The molecule has 2 N–H and O–H groups in total. The number of carbonyl (C=O) groups excluding carboxylic acids is 1. The van der Waals surface area contributed by atoms with Gasteiger partial charge in [-0.3, -0.25) is 4.79 Å². The van der Waals surface area contributed by atoms with E-state index in [1.54, 1.807) is 20.3 Å². The minimum Gasteiger partial charge on any atom is -0.493 e. The maximum absolute atomic E-state index is 12.2. The number of rotatable bonds is 5. The molecule has 5 nitrogen and oxygen atoms in total. The van der Waals surface area contributed by atoms with Gasteiger partial charge in [-0.25, -0.2) is 0 Å². The first-order valence-corrected chi connectivity index (χ1v) is 6.81. The largest absolute Gasteiger partial charge is 0.493 e. The predicted octanol–water partition coefficient (Wildman–Crippen LogP) is 2.23. The smallest absolute Gasteiger partial charge is 0.227 e. The van der Waals surface area contributed by atoms with Crippen LogP contribution in [0, 0.1) is 18.8 Å². The van der Waals surface area contributed by atoms with Crippen LogP contribution in [0.25, 0.3) is 0 Å². The van der Waals surface area contributed by atoms with Crippen LogP contribution in [0.5, 0.6) is 11.5 Å². The van der Waals surface area contributed by atoms with Gasteiger partial charge in [0.1, 0.15) is 0 Å². The molecule has 0 saturated carbocycles. The number of ether oxygens (including phenoxy) is 2. The first-order valence-electron chi connectivity index (χ1n) is 6.81. The van der Waals surface area contributed by atoms with Crippen molar-refractivity contribution in [3.63, 3.8) is 0 Å². The predicted molar refractivity (Wildman–Crippen MR) is 85.7 cm³/mol. The van der Waals surface area contributed by atoms with Crippen LogP contribution in [0.3, 0.4) is 0 Å². The summed E-state index contributed by atoms with van der Waals surface area (Å²) in [6, 6.07) is 3.67. The van der Waals surface area contributed by atoms with Gasteiger partial charge in [0.05, 0.1) is 14.2 Å². The van der Waals surface area contributed by atoms with E-state index in [1.165, 1.54) is 0 Å². The quantitative estimate of drug-likeness (QED) is 0.875. The summed E-state index contributed by atoms with van der Waals surface area (Å²) in [7, 11) is 3.18. The molecule has 1 aromatic carbocycles. The molecule has 1 saturated heterocycles. The van der Waals surface area contributed by atoms with E-state index in [9.17, 15) is 4.79 Å². The van der Waals surface area contributed by atoms with Crippen molar-refractivity contribution in [3.05, 3.63) is 17.7 Å². The molecule has 1 aromatic rings.